The first-order valence-corrected chi connectivity index (χ1v) is 8.28. The number of aromatic nitrogens is 4. The Bertz CT molecular complexity index is 746. The first-order valence-electron chi connectivity index (χ1n) is 8.28. The van der Waals surface area contributed by atoms with Gasteiger partial charge in [-0.25, -0.2) is 15.0 Å². The third-order valence-corrected chi connectivity index (χ3v) is 4.47. The van der Waals surface area contributed by atoms with Crippen LogP contribution in [0.2, 0.25) is 0 Å². The zero-order chi connectivity index (χ0) is 16.9. The zero-order valence-corrected chi connectivity index (χ0v) is 14.4. The highest BCUT2D eigenvalue weighted by atomic mass is 16.8. The maximum atomic E-state index is 6.34. The average molecular weight is 333 g/mol. The van der Waals surface area contributed by atoms with Crippen LogP contribution in [0.1, 0.15) is 27.7 Å². The van der Waals surface area contributed by atoms with Gasteiger partial charge in [-0.05, 0) is 13.8 Å². The smallest absolute Gasteiger partial charge is 0.203 e. The molecule has 8 heteroatoms. The Kier molecular flexibility index (Phi) is 3.61. The molecule has 0 bridgehead atoms. The number of ether oxygens (including phenoxy) is 3. The number of nitrogens with one attached hydrogen (secondary N) is 1. The lowest BCUT2D eigenvalue weighted by atomic mass is 10.1. The van der Waals surface area contributed by atoms with Crippen molar-refractivity contribution in [1.29, 1.82) is 0 Å². The molecular formula is C16H23N5O3. The van der Waals surface area contributed by atoms with Crippen molar-refractivity contribution in [2.24, 2.45) is 0 Å². The predicted octanol–water partition coefficient (Wildman–Crippen LogP) is 1.03. The summed E-state index contributed by atoms with van der Waals surface area (Å²) in [5, 5.41) is 3.42. The molecule has 0 amide bonds. The second-order valence-corrected chi connectivity index (χ2v) is 7.14. The monoisotopic (exact) mass is 333 g/mol. The van der Waals surface area contributed by atoms with Crippen LogP contribution in [0.25, 0.3) is 11.2 Å². The fourth-order valence-corrected chi connectivity index (χ4v) is 3.52. The Morgan fingerprint density at radius 2 is 2.21 bits per heavy atom. The Morgan fingerprint density at radius 1 is 1.38 bits per heavy atom. The van der Waals surface area contributed by atoms with Crippen molar-refractivity contribution in [2.75, 3.05) is 13.2 Å². The largest absolute Gasteiger partial charge is 0.369 e. The summed E-state index contributed by atoms with van der Waals surface area (Å²) in [5.74, 6) is -0.700. The van der Waals surface area contributed by atoms with Gasteiger partial charge in [0.15, 0.2) is 11.4 Å². The van der Waals surface area contributed by atoms with Gasteiger partial charge in [0.05, 0.1) is 19.1 Å². The van der Waals surface area contributed by atoms with E-state index in [2.05, 4.69) is 34.1 Å². The zero-order valence-electron chi connectivity index (χ0n) is 14.4. The lowest BCUT2D eigenvalue weighted by molar-refractivity contribution is -0.204. The number of hydrogen-bond donors (Lipinski definition) is 1. The normalized spacial score (nSPS) is 31.9. The highest BCUT2D eigenvalue weighted by Crippen LogP contribution is 2.47. The Hall–Kier alpha value is -1.61. The summed E-state index contributed by atoms with van der Waals surface area (Å²) in [6.45, 7) is 9.16. The van der Waals surface area contributed by atoms with Crippen LogP contribution in [0.15, 0.2) is 18.9 Å². The molecule has 2 fully saturated rings. The quantitative estimate of drug-likeness (QED) is 0.894. The van der Waals surface area contributed by atoms with Crippen molar-refractivity contribution in [3.05, 3.63) is 18.9 Å². The topological polar surface area (TPSA) is 83.3 Å². The van der Waals surface area contributed by atoms with E-state index < -0.39 is 11.5 Å². The van der Waals surface area contributed by atoms with E-state index in [9.17, 15) is 0 Å². The van der Waals surface area contributed by atoms with Crippen LogP contribution in [0.5, 0.6) is 0 Å². The molecule has 2 aromatic rings. The maximum absolute atomic E-state index is 6.34. The number of rotatable bonds is 4. The second-order valence-electron chi connectivity index (χ2n) is 7.14. The minimum absolute atomic E-state index is 0.103. The minimum atomic E-state index is -0.768. The molecule has 4 heterocycles. The number of hydrogen-bond acceptors (Lipinski definition) is 7. The van der Waals surface area contributed by atoms with E-state index in [1.165, 1.54) is 6.33 Å². The third kappa shape index (κ3) is 2.41. The van der Waals surface area contributed by atoms with Gasteiger partial charge >= 0.3 is 0 Å². The molecule has 8 nitrogen and oxygen atoms in total. The van der Waals surface area contributed by atoms with Gasteiger partial charge in [0.25, 0.3) is 0 Å². The molecule has 2 aromatic heterocycles. The molecule has 0 radical (unpaired) electrons. The highest BCUT2D eigenvalue weighted by Gasteiger charge is 2.62. The summed E-state index contributed by atoms with van der Waals surface area (Å²) in [4.78, 5) is 12.8. The first kappa shape index (κ1) is 15.9. The van der Waals surface area contributed by atoms with Crippen LogP contribution in [-0.4, -0.2) is 56.7 Å². The fourth-order valence-electron chi connectivity index (χ4n) is 3.52. The van der Waals surface area contributed by atoms with Gasteiger partial charge in [0.2, 0.25) is 5.72 Å². The summed E-state index contributed by atoms with van der Waals surface area (Å²) < 4.78 is 20.5. The molecule has 3 atom stereocenters. The second kappa shape index (κ2) is 5.45. The van der Waals surface area contributed by atoms with E-state index in [0.717, 1.165) is 11.2 Å². The molecule has 2 aliphatic rings. The highest BCUT2D eigenvalue weighted by molar-refractivity contribution is 5.69. The lowest BCUT2D eigenvalue weighted by Gasteiger charge is -2.28. The fraction of sp³-hybridized carbons (Fsp3) is 0.688. The maximum Gasteiger partial charge on any atom is 0.203 e. The summed E-state index contributed by atoms with van der Waals surface area (Å²) in [7, 11) is 0. The molecule has 4 rings (SSSR count). The van der Waals surface area contributed by atoms with Crippen LogP contribution in [0.4, 0.5) is 0 Å². The van der Waals surface area contributed by atoms with Crippen molar-refractivity contribution >= 4 is 11.2 Å². The van der Waals surface area contributed by atoms with E-state index in [1.807, 2.05) is 18.4 Å². The molecule has 0 aromatic carbocycles. The van der Waals surface area contributed by atoms with Gasteiger partial charge in [0.1, 0.15) is 24.1 Å². The van der Waals surface area contributed by atoms with Crippen molar-refractivity contribution in [2.45, 2.75) is 57.5 Å². The van der Waals surface area contributed by atoms with E-state index in [1.54, 1.807) is 12.5 Å². The third-order valence-electron chi connectivity index (χ3n) is 4.47. The molecule has 24 heavy (non-hydrogen) atoms. The van der Waals surface area contributed by atoms with Crippen LogP contribution in [0.3, 0.4) is 0 Å². The molecule has 0 spiro atoms. The van der Waals surface area contributed by atoms with Crippen molar-refractivity contribution < 1.29 is 14.2 Å². The molecule has 0 saturated carbocycles. The molecule has 0 aliphatic carbocycles. The summed E-state index contributed by atoms with van der Waals surface area (Å²) >= 11 is 0. The van der Waals surface area contributed by atoms with Crippen LogP contribution < -0.4 is 5.32 Å². The van der Waals surface area contributed by atoms with Gasteiger partial charge in [0, 0.05) is 12.6 Å². The minimum Gasteiger partial charge on any atom is -0.369 e. The SMILES string of the molecule is CC(C)NCC1OCC2(n3cnc4cncnc43)OC(C)(C)OC12. The molecule has 1 N–H and O–H groups in total. The van der Waals surface area contributed by atoms with E-state index >= 15 is 0 Å². The molecule has 130 valence electrons. The summed E-state index contributed by atoms with van der Waals surface area (Å²) in [6.07, 6.45) is 4.60. The standard InChI is InChI=1S/C16H23N5O3/c1-10(2)18-6-12-13-16(7-22-12,24-15(3,4)23-13)21-9-20-11-5-17-8-19-14(11)21/h5,8-10,12-13,18H,6-7H2,1-4H3. The van der Waals surface area contributed by atoms with E-state index in [0.29, 0.717) is 19.2 Å². The van der Waals surface area contributed by atoms with Gasteiger partial charge < -0.3 is 19.5 Å². The van der Waals surface area contributed by atoms with Crippen molar-refractivity contribution in [3.63, 3.8) is 0 Å². The molecule has 3 unspecified atom stereocenters. The summed E-state index contributed by atoms with van der Waals surface area (Å²) in [5.41, 5.74) is 0.677. The number of fused-ring (bicyclic) bond motifs is 2. The van der Waals surface area contributed by atoms with E-state index in [4.69, 9.17) is 14.2 Å². The van der Waals surface area contributed by atoms with Gasteiger partial charge in [-0.1, -0.05) is 13.8 Å². The molecule has 2 saturated heterocycles. The first-order chi connectivity index (χ1) is 11.4. The molecule has 2 aliphatic heterocycles. The van der Waals surface area contributed by atoms with Crippen LogP contribution >= 0.6 is 0 Å². The predicted molar refractivity (Wildman–Crippen MR) is 86.2 cm³/mol. The van der Waals surface area contributed by atoms with Crippen molar-refractivity contribution in [3.8, 4) is 0 Å². The van der Waals surface area contributed by atoms with Crippen molar-refractivity contribution in [1.82, 2.24) is 24.8 Å². The van der Waals surface area contributed by atoms with Gasteiger partial charge in [-0.3, -0.25) is 4.57 Å². The van der Waals surface area contributed by atoms with Crippen LogP contribution in [0, 0.1) is 0 Å². The Labute approximate surface area is 140 Å². The van der Waals surface area contributed by atoms with E-state index in [-0.39, 0.29) is 12.2 Å². The van der Waals surface area contributed by atoms with Gasteiger partial charge in [-0.15, -0.1) is 0 Å². The Morgan fingerprint density at radius 3 is 3.00 bits per heavy atom. The number of nitrogens with zero attached hydrogens (tertiary/aromatic N) is 4. The number of imidazole rings is 1. The Balaban J connectivity index is 1.74. The van der Waals surface area contributed by atoms with Gasteiger partial charge in [-0.2, -0.15) is 0 Å². The average Bonchev–Trinajstić information content (AvgIpc) is 3.14. The van der Waals surface area contributed by atoms with Crippen LogP contribution in [-0.2, 0) is 19.9 Å². The molecular weight excluding hydrogens is 310 g/mol. The summed E-state index contributed by atoms with van der Waals surface area (Å²) in [6, 6.07) is 0.376. The lowest BCUT2D eigenvalue weighted by Crippen LogP contribution is -2.46.